The quantitative estimate of drug-likeness (QED) is 0.805. The van der Waals surface area contributed by atoms with E-state index in [4.69, 9.17) is 0 Å². The van der Waals surface area contributed by atoms with Crippen LogP contribution in [0.5, 0.6) is 0 Å². The Bertz CT molecular complexity index is 645. The van der Waals surface area contributed by atoms with Gasteiger partial charge in [0.25, 0.3) is 5.91 Å². The zero-order valence-corrected chi connectivity index (χ0v) is 13.6. The van der Waals surface area contributed by atoms with E-state index in [1.807, 2.05) is 30.3 Å². The number of carbonyl (C=O) groups is 1. The van der Waals surface area contributed by atoms with Crippen LogP contribution in [0.1, 0.15) is 48.9 Å². The topological polar surface area (TPSA) is 54.0 Å². The highest BCUT2D eigenvalue weighted by Gasteiger charge is 2.12. The van der Waals surface area contributed by atoms with Gasteiger partial charge in [-0.15, -0.1) is 0 Å². The minimum atomic E-state index is -0.0352. The highest BCUT2D eigenvalue weighted by atomic mass is 16.1. The van der Waals surface area contributed by atoms with Gasteiger partial charge in [0.2, 0.25) is 0 Å². The van der Waals surface area contributed by atoms with Gasteiger partial charge in [-0.25, -0.2) is 0 Å². The summed E-state index contributed by atoms with van der Waals surface area (Å²) in [7, 11) is 0. The van der Waals surface area contributed by atoms with Crippen molar-refractivity contribution in [3.05, 3.63) is 42.1 Å². The number of benzene rings is 1. The number of fused-ring (bicyclic) bond motifs is 1. The number of pyridine rings is 1. The molecule has 2 N–H and O–H groups in total. The molecule has 1 amide bonds. The first-order valence-corrected chi connectivity index (χ1v) is 8.70. The molecular formula is C19H25N3O. The number of rotatable bonds is 6. The number of para-hydroxylation sites is 1. The third kappa shape index (κ3) is 4.29. The average Bonchev–Trinajstić information content (AvgIpc) is 2.61. The predicted molar refractivity (Wildman–Crippen MR) is 93.6 cm³/mol. The molecule has 1 aromatic carbocycles. The summed E-state index contributed by atoms with van der Waals surface area (Å²) in [5, 5.41) is 7.61. The van der Waals surface area contributed by atoms with Crippen molar-refractivity contribution >= 4 is 16.8 Å². The zero-order chi connectivity index (χ0) is 15.9. The van der Waals surface area contributed by atoms with E-state index < -0.39 is 0 Å². The van der Waals surface area contributed by atoms with Crippen molar-refractivity contribution in [3.63, 3.8) is 0 Å². The molecule has 0 spiro atoms. The lowest BCUT2D eigenvalue weighted by Crippen LogP contribution is -2.34. The van der Waals surface area contributed by atoms with Crippen molar-refractivity contribution in [2.45, 2.75) is 44.6 Å². The van der Waals surface area contributed by atoms with Crippen LogP contribution in [0, 0.1) is 0 Å². The molecule has 4 heteroatoms. The summed E-state index contributed by atoms with van der Waals surface area (Å²) in [5.74, 6) is -0.0352. The molecule has 0 aliphatic heterocycles. The Kier molecular flexibility index (Phi) is 5.59. The maximum atomic E-state index is 12.4. The summed E-state index contributed by atoms with van der Waals surface area (Å²) in [6.07, 6.45) is 9.37. The number of nitrogens with one attached hydrogen (secondary N) is 2. The van der Waals surface area contributed by atoms with Crippen LogP contribution >= 0.6 is 0 Å². The van der Waals surface area contributed by atoms with Gasteiger partial charge in [0.05, 0.1) is 11.1 Å². The van der Waals surface area contributed by atoms with Gasteiger partial charge in [-0.2, -0.15) is 0 Å². The summed E-state index contributed by atoms with van der Waals surface area (Å²) in [6.45, 7) is 1.67. The lowest BCUT2D eigenvalue weighted by molar-refractivity contribution is 0.0954. The van der Waals surface area contributed by atoms with Crippen LogP contribution in [0.4, 0.5) is 0 Å². The van der Waals surface area contributed by atoms with Gasteiger partial charge in [0.15, 0.2) is 0 Å². The average molecular weight is 311 g/mol. The maximum absolute atomic E-state index is 12.4. The van der Waals surface area contributed by atoms with E-state index in [-0.39, 0.29) is 5.91 Å². The second-order valence-corrected chi connectivity index (χ2v) is 6.28. The number of aromatic nitrogens is 1. The molecule has 1 aliphatic rings. The molecule has 1 aliphatic carbocycles. The van der Waals surface area contributed by atoms with Crippen molar-refractivity contribution in [1.82, 2.24) is 15.6 Å². The smallest absolute Gasteiger partial charge is 0.253 e. The second-order valence-electron chi connectivity index (χ2n) is 6.28. The van der Waals surface area contributed by atoms with Crippen molar-refractivity contribution in [2.24, 2.45) is 0 Å². The van der Waals surface area contributed by atoms with Crippen LogP contribution in [0.15, 0.2) is 36.5 Å². The van der Waals surface area contributed by atoms with Crippen molar-refractivity contribution < 1.29 is 4.79 Å². The number of nitrogens with zero attached hydrogens (tertiary/aromatic N) is 1. The summed E-state index contributed by atoms with van der Waals surface area (Å²) < 4.78 is 0. The molecule has 0 saturated heterocycles. The molecular weight excluding hydrogens is 286 g/mol. The second kappa shape index (κ2) is 8.06. The van der Waals surface area contributed by atoms with Crippen molar-refractivity contribution in [3.8, 4) is 0 Å². The van der Waals surface area contributed by atoms with E-state index in [1.165, 1.54) is 32.1 Å². The maximum Gasteiger partial charge on any atom is 0.253 e. The molecule has 2 aromatic rings. The largest absolute Gasteiger partial charge is 0.352 e. The standard InChI is InChI=1S/C19H25N3O/c23-19(17-11-4-7-15-8-5-12-21-18(15)17)22-14-6-13-20-16-9-2-1-3-10-16/h4-5,7-8,11-12,16,20H,1-3,6,9-10,13-14H2,(H,22,23). The molecule has 0 bridgehead atoms. The Balaban J connectivity index is 1.45. The molecule has 4 nitrogen and oxygen atoms in total. The molecule has 23 heavy (non-hydrogen) atoms. The fraction of sp³-hybridized carbons (Fsp3) is 0.474. The van der Waals surface area contributed by atoms with Gasteiger partial charge in [-0.05, 0) is 37.9 Å². The van der Waals surface area contributed by atoms with Crippen molar-refractivity contribution in [1.29, 1.82) is 0 Å². The molecule has 122 valence electrons. The Labute approximate surface area is 137 Å². The van der Waals surface area contributed by atoms with Gasteiger partial charge < -0.3 is 10.6 Å². The third-order valence-electron chi connectivity index (χ3n) is 4.55. The van der Waals surface area contributed by atoms with Gasteiger partial charge >= 0.3 is 0 Å². The first-order chi connectivity index (χ1) is 11.3. The summed E-state index contributed by atoms with van der Waals surface area (Å²) >= 11 is 0. The van der Waals surface area contributed by atoms with Gasteiger partial charge in [0, 0.05) is 24.2 Å². The summed E-state index contributed by atoms with van der Waals surface area (Å²) in [4.78, 5) is 16.7. The van der Waals surface area contributed by atoms with Crippen LogP contribution in [0.25, 0.3) is 10.9 Å². The lowest BCUT2D eigenvalue weighted by atomic mass is 9.95. The lowest BCUT2D eigenvalue weighted by Gasteiger charge is -2.22. The Morgan fingerprint density at radius 2 is 1.91 bits per heavy atom. The molecule has 1 heterocycles. The highest BCUT2D eigenvalue weighted by molar-refractivity contribution is 6.05. The number of amides is 1. The minimum absolute atomic E-state index is 0.0352. The zero-order valence-electron chi connectivity index (χ0n) is 13.6. The first kappa shape index (κ1) is 15.9. The van der Waals surface area contributed by atoms with Crippen LogP contribution in [0.3, 0.4) is 0 Å². The Morgan fingerprint density at radius 3 is 2.78 bits per heavy atom. The van der Waals surface area contributed by atoms with Gasteiger partial charge in [-0.3, -0.25) is 9.78 Å². The highest BCUT2D eigenvalue weighted by Crippen LogP contribution is 2.17. The minimum Gasteiger partial charge on any atom is -0.352 e. The fourth-order valence-electron chi connectivity index (χ4n) is 3.29. The molecule has 0 atom stereocenters. The predicted octanol–water partition coefficient (Wildman–Crippen LogP) is 3.28. The van der Waals surface area contributed by atoms with Crippen LogP contribution in [0.2, 0.25) is 0 Å². The molecule has 1 aromatic heterocycles. The van der Waals surface area contributed by atoms with E-state index in [9.17, 15) is 4.79 Å². The van der Waals surface area contributed by atoms with E-state index in [0.29, 0.717) is 18.2 Å². The van der Waals surface area contributed by atoms with Crippen molar-refractivity contribution in [2.75, 3.05) is 13.1 Å². The number of hydrogen-bond acceptors (Lipinski definition) is 3. The van der Waals surface area contributed by atoms with Gasteiger partial charge in [-0.1, -0.05) is 37.5 Å². The molecule has 0 unspecified atom stereocenters. The Morgan fingerprint density at radius 1 is 1.09 bits per heavy atom. The molecule has 1 saturated carbocycles. The van der Waals surface area contributed by atoms with E-state index in [2.05, 4.69) is 15.6 Å². The fourth-order valence-corrected chi connectivity index (χ4v) is 3.29. The molecule has 0 radical (unpaired) electrons. The van der Waals surface area contributed by atoms with E-state index >= 15 is 0 Å². The summed E-state index contributed by atoms with van der Waals surface area (Å²) in [6, 6.07) is 10.3. The van der Waals surface area contributed by atoms with Crippen LogP contribution in [-0.4, -0.2) is 30.0 Å². The van der Waals surface area contributed by atoms with E-state index in [0.717, 1.165) is 23.9 Å². The van der Waals surface area contributed by atoms with Crippen LogP contribution in [-0.2, 0) is 0 Å². The molecule has 3 rings (SSSR count). The number of carbonyl (C=O) groups excluding carboxylic acids is 1. The molecule has 1 fully saturated rings. The van der Waals surface area contributed by atoms with Gasteiger partial charge in [0.1, 0.15) is 0 Å². The van der Waals surface area contributed by atoms with Crippen LogP contribution < -0.4 is 10.6 Å². The third-order valence-corrected chi connectivity index (χ3v) is 4.55. The first-order valence-electron chi connectivity index (χ1n) is 8.70. The Hall–Kier alpha value is -1.94. The van der Waals surface area contributed by atoms with E-state index in [1.54, 1.807) is 6.20 Å². The SMILES string of the molecule is O=C(NCCCNC1CCCCC1)c1cccc2cccnc12. The monoisotopic (exact) mass is 311 g/mol. The number of hydrogen-bond donors (Lipinski definition) is 2. The normalized spacial score (nSPS) is 15.7. The summed E-state index contributed by atoms with van der Waals surface area (Å²) in [5.41, 5.74) is 1.43.